The molecule has 0 fully saturated rings. The molecule has 0 bridgehead atoms. The van der Waals surface area contributed by atoms with Crippen LogP contribution in [0.3, 0.4) is 0 Å². The van der Waals surface area contributed by atoms with Gasteiger partial charge in [-0.1, -0.05) is 57.2 Å². The lowest BCUT2D eigenvalue weighted by Gasteiger charge is -2.16. The molecule has 210 valence electrons. The minimum absolute atomic E-state index is 0.488. The predicted octanol–water partition coefficient (Wildman–Crippen LogP) is 7.26. The van der Waals surface area contributed by atoms with Crippen LogP contribution in [0.4, 0.5) is 0 Å². The standard InChI is InChI=1S/C34H38N6O/c1-5-15-40(21-41)20-32-36-30-13-9-26-18-24(7-11-28(26)34(30)38-32)23-6-10-27-25(17-23)8-12-29-33(27)37-31(35-29)19-39(4)16-14-22(2)3/h6-13,17-18,21-22H,5,14-16,19-20H2,1-4H3,(H,35,37)(H,36,38). The molecule has 0 unspecified atom stereocenters. The van der Waals surface area contributed by atoms with Crippen molar-refractivity contribution in [2.45, 2.75) is 46.7 Å². The summed E-state index contributed by atoms with van der Waals surface area (Å²) >= 11 is 0. The zero-order valence-electron chi connectivity index (χ0n) is 24.4. The van der Waals surface area contributed by atoms with Gasteiger partial charge in [0.1, 0.15) is 11.6 Å². The molecule has 0 aliphatic carbocycles. The van der Waals surface area contributed by atoms with Crippen molar-refractivity contribution in [2.24, 2.45) is 5.92 Å². The Hall–Kier alpha value is -4.23. The SMILES string of the molecule is CCCN(C=O)Cc1nc2c(ccc3cc(-c4ccc5c(ccc6[nH]c(CN(C)CCC(C)C)nc65)c4)ccc32)[nH]1. The Kier molecular flexibility index (Phi) is 7.45. The van der Waals surface area contributed by atoms with E-state index in [0.717, 1.165) is 82.3 Å². The third-order valence-corrected chi connectivity index (χ3v) is 7.89. The van der Waals surface area contributed by atoms with E-state index in [2.05, 4.69) is 103 Å². The number of aromatic amines is 2. The second kappa shape index (κ2) is 11.3. The van der Waals surface area contributed by atoms with Gasteiger partial charge in [0.05, 0.1) is 35.2 Å². The van der Waals surface area contributed by atoms with Gasteiger partial charge in [0.2, 0.25) is 6.41 Å². The number of nitrogens with zero attached hydrogens (tertiary/aromatic N) is 4. The Labute approximate surface area is 240 Å². The van der Waals surface area contributed by atoms with Gasteiger partial charge in [-0.3, -0.25) is 9.69 Å². The molecule has 0 radical (unpaired) electrons. The number of aromatic nitrogens is 4. The van der Waals surface area contributed by atoms with Gasteiger partial charge in [0.15, 0.2) is 0 Å². The van der Waals surface area contributed by atoms with E-state index in [1.54, 1.807) is 4.90 Å². The zero-order chi connectivity index (χ0) is 28.5. The summed E-state index contributed by atoms with van der Waals surface area (Å²) in [4.78, 5) is 32.2. The molecule has 2 N–H and O–H groups in total. The highest BCUT2D eigenvalue weighted by Crippen LogP contribution is 2.32. The fourth-order valence-electron chi connectivity index (χ4n) is 5.68. The Balaban J connectivity index is 1.28. The third kappa shape index (κ3) is 5.55. The van der Waals surface area contributed by atoms with Crippen molar-refractivity contribution in [3.63, 3.8) is 0 Å². The Morgan fingerprint density at radius 2 is 1.34 bits per heavy atom. The van der Waals surface area contributed by atoms with E-state index in [1.165, 1.54) is 22.9 Å². The first-order valence-electron chi connectivity index (χ1n) is 14.6. The van der Waals surface area contributed by atoms with Gasteiger partial charge in [-0.25, -0.2) is 9.97 Å². The van der Waals surface area contributed by atoms with Gasteiger partial charge in [-0.05, 0) is 78.5 Å². The molecule has 1 amide bonds. The third-order valence-electron chi connectivity index (χ3n) is 7.89. The highest BCUT2D eigenvalue weighted by molar-refractivity contribution is 6.07. The number of amides is 1. The highest BCUT2D eigenvalue weighted by Gasteiger charge is 2.13. The summed E-state index contributed by atoms with van der Waals surface area (Å²) in [6.45, 7) is 9.69. The maximum Gasteiger partial charge on any atom is 0.210 e. The average molecular weight is 547 g/mol. The van der Waals surface area contributed by atoms with Gasteiger partial charge in [0, 0.05) is 17.3 Å². The molecule has 0 atom stereocenters. The van der Waals surface area contributed by atoms with E-state index >= 15 is 0 Å². The highest BCUT2D eigenvalue weighted by atomic mass is 16.1. The summed E-state index contributed by atoms with van der Waals surface area (Å²) in [5, 5.41) is 4.59. The van der Waals surface area contributed by atoms with Crippen molar-refractivity contribution in [3.8, 4) is 11.1 Å². The number of hydrogen-bond acceptors (Lipinski definition) is 4. The van der Waals surface area contributed by atoms with E-state index in [4.69, 9.17) is 9.97 Å². The van der Waals surface area contributed by atoms with Crippen LogP contribution in [0.2, 0.25) is 0 Å². The summed E-state index contributed by atoms with van der Waals surface area (Å²) in [7, 11) is 2.16. The van der Waals surface area contributed by atoms with Gasteiger partial charge >= 0.3 is 0 Å². The molecular weight excluding hydrogens is 508 g/mol. The molecule has 6 rings (SSSR count). The van der Waals surface area contributed by atoms with Gasteiger partial charge in [0.25, 0.3) is 0 Å². The van der Waals surface area contributed by atoms with E-state index in [-0.39, 0.29) is 0 Å². The van der Waals surface area contributed by atoms with Gasteiger partial charge in [-0.2, -0.15) is 0 Å². The van der Waals surface area contributed by atoms with Crippen LogP contribution in [0.5, 0.6) is 0 Å². The van der Waals surface area contributed by atoms with Gasteiger partial charge < -0.3 is 14.9 Å². The summed E-state index contributed by atoms with van der Waals surface area (Å²) in [5.74, 6) is 2.51. The number of hydrogen-bond donors (Lipinski definition) is 2. The lowest BCUT2D eigenvalue weighted by atomic mass is 9.98. The monoisotopic (exact) mass is 546 g/mol. The molecule has 6 aromatic rings. The normalized spacial score (nSPS) is 12.0. The molecule has 2 heterocycles. The summed E-state index contributed by atoms with van der Waals surface area (Å²) in [6.07, 6.45) is 3.00. The first kappa shape index (κ1) is 27.0. The average Bonchev–Trinajstić information content (AvgIpc) is 3.58. The van der Waals surface area contributed by atoms with E-state index < -0.39 is 0 Å². The number of rotatable bonds is 11. The number of fused-ring (bicyclic) bond motifs is 6. The molecule has 0 saturated carbocycles. The predicted molar refractivity (Wildman–Crippen MR) is 169 cm³/mol. The van der Waals surface area contributed by atoms with Crippen LogP contribution in [0.1, 0.15) is 45.3 Å². The molecule has 0 aliphatic rings. The van der Waals surface area contributed by atoms with Crippen LogP contribution in [0.25, 0.3) is 54.7 Å². The van der Waals surface area contributed by atoms with E-state index in [0.29, 0.717) is 12.5 Å². The van der Waals surface area contributed by atoms with E-state index in [1.807, 2.05) is 0 Å². The van der Waals surface area contributed by atoms with Gasteiger partial charge in [-0.15, -0.1) is 0 Å². The summed E-state index contributed by atoms with van der Waals surface area (Å²) in [6, 6.07) is 21.8. The first-order valence-corrected chi connectivity index (χ1v) is 14.6. The van der Waals surface area contributed by atoms with Crippen molar-refractivity contribution in [1.29, 1.82) is 0 Å². The molecular formula is C34H38N6O. The number of carbonyl (C=O) groups is 1. The number of H-pyrrole nitrogens is 2. The van der Waals surface area contributed by atoms with E-state index in [9.17, 15) is 4.79 Å². The summed E-state index contributed by atoms with van der Waals surface area (Å²) in [5.41, 5.74) is 6.38. The quantitative estimate of drug-likeness (QED) is 0.168. The lowest BCUT2D eigenvalue weighted by molar-refractivity contribution is -0.118. The summed E-state index contributed by atoms with van der Waals surface area (Å²) < 4.78 is 0. The number of carbonyl (C=O) groups excluding carboxylic acids is 1. The van der Waals surface area contributed by atoms with Crippen molar-refractivity contribution in [2.75, 3.05) is 20.1 Å². The maximum atomic E-state index is 11.4. The van der Waals surface area contributed by atoms with Crippen LogP contribution >= 0.6 is 0 Å². The smallest absolute Gasteiger partial charge is 0.210 e. The minimum Gasteiger partial charge on any atom is -0.341 e. The van der Waals surface area contributed by atoms with Crippen LogP contribution in [-0.2, 0) is 17.9 Å². The Morgan fingerprint density at radius 3 is 1.85 bits per heavy atom. The molecule has 0 saturated heterocycles. The van der Waals surface area contributed by atoms with Crippen molar-refractivity contribution >= 4 is 50.0 Å². The molecule has 41 heavy (non-hydrogen) atoms. The van der Waals surface area contributed by atoms with Crippen LogP contribution in [0, 0.1) is 5.92 Å². The Bertz CT molecular complexity index is 1850. The molecule has 0 spiro atoms. The molecule has 7 heteroatoms. The fraction of sp³-hybridized carbons (Fsp3) is 0.324. The lowest BCUT2D eigenvalue weighted by Crippen LogP contribution is -2.22. The second-order valence-electron chi connectivity index (χ2n) is 11.7. The van der Waals surface area contributed by atoms with Crippen LogP contribution in [-0.4, -0.2) is 56.3 Å². The second-order valence-corrected chi connectivity index (χ2v) is 11.7. The number of nitrogens with one attached hydrogen (secondary N) is 2. The van der Waals surface area contributed by atoms with Crippen molar-refractivity contribution in [1.82, 2.24) is 29.7 Å². The minimum atomic E-state index is 0.488. The van der Waals surface area contributed by atoms with Crippen LogP contribution < -0.4 is 0 Å². The molecule has 4 aromatic carbocycles. The zero-order valence-corrected chi connectivity index (χ0v) is 24.4. The van der Waals surface area contributed by atoms with Crippen LogP contribution in [0.15, 0.2) is 60.7 Å². The molecule has 0 aliphatic heterocycles. The molecule has 7 nitrogen and oxygen atoms in total. The number of imidazole rings is 2. The first-order chi connectivity index (χ1) is 19.9. The fourth-order valence-corrected chi connectivity index (χ4v) is 5.68. The van der Waals surface area contributed by atoms with Crippen molar-refractivity contribution < 1.29 is 4.79 Å². The number of benzene rings is 4. The maximum absolute atomic E-state index is 11.4. The largest absolute Gasteiger partial charge is 0.341 e. The molecule has 2 aromatic heterocycles. The Morgan fingerprint density at radius 1 is 0.780 bits per heavy atom. The van der Waals surface area contributed by atoms with Crippen molar-refractivity contribution in [3.05, 3.63) is 72.3 Å². The topological polar surface area (TPSA) is 80.9 Å².